The summed E-state index contributed by atoms with van der Waals surface area (Å²) in [4.78, 5) is 12.0. The molecule has 0 atom stereocenters. The van der Waals surface area contributed by atoms with Gasteiger partial charge in [-0.05, 0) is 73.2 Å². The van der Waals surface area contributed by atoms with Crippen molar-refractivity contribution in [3.05, 3.63) is 23.2 Å². The maximum atomic E-state index is 12.0. The Labute approximate surface area is 146 Å². The quantitative estimate of drug-likeness (QED) is 0.436. The third kappa shape index (κ3) is 4.73. The topological polar surface area (TPSA) is 44.8 Å². The zero-order valence-electron chi connectivity index (χ0n) is 16.2. The molecule has 1 aliphatic heterocycles. The van der Waals surface area contributed by atoms with Crippen molar-refractivity contribution >= 4 is 13.1 Å². The van der Waals surface area contributed by atoms with Gasteiger partial charge in [0.15, 0.2) is 0 Å². The third-order valence-electron chi connectivity index (χ3n) is 4.87. The van der Waals surface area contributed by atoms with E-state index in [1.54, 1.807) is 0 Å². The Bertz CT molecular complexity index is 536. The molecule has 0 aromatic rings. The van der Waals surface area contributed by atoms with Crippen LogP contribution in [0.25, 0.3) is 0 Å². The molecule has 0 aromatic carbocycles. The van der Waals surface area contributed by atoms with Crippen molar-refractivity contribution < 1.29 is 18.8 Å². The molecule has 134 valence electrons. The van der Waals surface area contributed by atoms with E-state index >= 15 is 0 Å². The van der Waals surface area contributed by atoms with Crippen LogP contribution in [0, 0.1) is 0 Å². The first-order valence-electron chi connectivity index (χ1n) is 8.84. The fourth-order valence-electron chi connectivity index (χ4n) is 2.82. The zero-order chi connectivity index (χ0) is 18.2. The Balaban J connectivity index is 1.91. The van der Waals surface area contributed by atoms with Crippen LogP contribution in [0.5, 0.6) is 0 Å². The summed E-state index contributed by atoms with van der Waals surface area (Å²) in [6.07, 6.45) is 7.16. The van der Waals surface area contributed by atoms with Crippen LogP contribution in [0.4, 0.5) is 0 Å². The monoisotopic (exact) mass is 334 g/mol. The minimum absolute atomic E-state index is 0.159. The maximum Gasteiger partial charge on any atom is 0.490 e. The van der Waals surface area contributed by atoms with Gasteiger partial charge in [0.25, 0.3) is 0 Å². The molecule has 1 saturated heterocycles. The SMILES string of the molecule is CC(C)(C)OC(=O)CC1=CCC=C(B2OC(C)(C)C(C)(C)O2)CC1. The van der Waals surface area contributed by atoms with E-state index < -0.39 is 5.60 Å². The number of carbonyl (C=O) groups excluding carboxylic acids is 1. The van der Waals surface area contributed by atoms with Crippen LogP contribution in [0.3, 0.4) is 0 Å². The van der Waals surface area contributed by atoms with Crippen molar-refractivity contribution in [2.24, 2.45) is 0 Å². The molecule has 2 rings (SSSR count). The number of carbonyl (C=O) groups is 1. The van der Waals surface area contributed by atoms with Crippen LogP contribution in [0.15, 0.2) is 23.2 Å². The Kier molecular flexibility index (Phi) is 5.36. The zero-order valence-corrected chi connectivity index (χ0v) is 16.2. The molecule has 0 aromatic heterocycles. The largest absolute Gasteiger partial charge is 0.490 e. The van der Waals surface area contributed by atoms with Gasteiger partial charge >= 0.3 is 13.1 Å². The van der Waals surface area contributed by atoms with Gasteiger partial charge in [-0.3, -0.25) is 4.79 Å². The summed E-state index contributed by atoms with van der Waals surface area (Å²) in [5, 5.41) is 0. The maximum absolute atomic E-state index is 12.0. The molecule has 1 fully saturated rings. The fourth-order valence-corrected chi connectivity index (χ4v) is 2.82. The number of hydrogen-bond acceptors (Lipinski definition) is 4. The summed E-state index contributed by atoms with van der Waals surface area (Å²) in [5.41, 5.74) is 1.22. The first kappa shape index (κ1) is 19.3. The Morgan fingerprint density at radius 2 is 1.71 bits per heavy atom. The number of ether oxygens (including phenoxy) is 1. The predicted octanol–water partition coefficient (Wildman–Crippen LogP) is 4.39. The first-order chi connectivity index (χ1) is 10.9. The van der Waals surface area contributed by atoms with Crippen molar-refractivity contribution in [3.63, 3.8) is 0 Å². The molecule has 0 radical (unpaired) electrons. The molecule has 0 N–H and O–H groups in total. The smallest absolute Gasteiger partial charge is 0.460 e. The van der Waals surface area contributed by atoms with Gasteiger partial charge in [0.1, 0.15) is 5.60 Å². The van der Waals surface area contributed by atoms with Crippen LogP contribution in [0.2, 0.25) is 0 Å². The highest BCUT2D eigenvalue weighted by Crippen LogP contribution is 2.40. The minimum atomic E-state index is -0.436. The molecule has 0 amide bonds. The normalized spacial score (nSPS) is 23.4. The lowest BCUT2D eigenvalue weighted by molar-refractivity contribution is -0.153. The average molecular weight is 334 g/mol. The van der Waals surface area contributed by atoms with E-state index in [-0.39, 0.29) is 24.3 Å². The van der Waals surface area contributed by atoms with Gasteiger partial charge in [-0.1, -0.05) is 17.7 Å². The van der Waals surface area contributed by atoms with E-state index in [1.807, 2.05) is 20.8 Å². The lowest BCUT2D eigenvalue weighted by Crippen LogP contribution is -2.41. The summed E-state index contributed by atoms with van der Waals surface area (Å²) in [6, 6.07) is 0. The highest BCUT2D eigenvalue weighted by atomic mass is 16.7. The number of hydrogen-bond donors (Lipinski definition) is 0. The molecular weight excluding hydrogens is 303 g/mol. The van der Waals surface area contributed by atoms with Crippen molar-refractivity contribution in [2.45, 2.75) is 91.0 Å². The van der Waals surface area contributed by atoms with Crippen molar-refractivity contribution in [2.75, 3.05) is 0 Å². The first-order valence-corrected chi connectivity index (χ1v) is 8.84. The van der Waals surface area contributed by atoms with Crippen LogP contribution in [0.1, 0.15) is 74.1 Å². The molecule has 24 heavy (non-hydrogen) atoms. The van der Waals surface area contributed by atoms with E-state index in [9.17, 15) is 4.79 Å². The Hall–Kier alpha value is -1.07. The van der Waals surface area contributed by atoms with Crippen LogP contribution >= 0.6 is 0 Å². The molecule has 0 unspecified atom stereocenters. The molecule has 2 aliphatic rings. The summed E-state index contributed by atoms with van der Waals surface area (Å²) < 4.78 is 17.7. The molecule has 1 aliphatic carbocycles. The van der Waals surface area contributed by atoms with Crippen LogP contribution in [-0.2, 0) is 18.8 Å². The average Bonchev–Trinajstić information content (AvgIpc) is 2.54. The van der Waals surface area contributed by atoms with E-state index in [0.29, 0.717) is 6.42 Å². The number of esters is 1. The van der Waals surface area contributed by atoms with Gasteiger partial charge in [0.2, 0.25) is 0 Å². The van der Waals surface area contributed by atoms with Gasteiger partial charge in [-0.25, -0.2) is 0 Å². The predicted molar refractivity (Wildman–Crippen MR) is 96.6 cm³/mol. The third-order valence-corrected chi connectivity index (χ3v) is 4.87. The molecular formula is C19H31BO4. The van der Waals surface area contributed by atoms with E-state index in [1.165, 1.54) is 5.47 Å². The summed E-state index contributed by atoms with van der Waals surface area (Å²) in [6.45, 7) is 13.9. The second-order valence-corrected chi connectivity index (χ2v) is 8.73. The molecule has 0 spiro atoms. The van der Waals surface area contributed by atoms with Crippen molar-refractivity contribution in [3.8, 4) is 0 Å². The van der Waals surface area contributed by atoms with Crippen molar-refractivity contribution in [1.82, 2.24) is 0 Å². The minimum Gasteiger partial charge on any atom is -0.460 e. The summed E-state index contributed by atoms with van der Waals surface area (Å²) in [7, 11) is -0.288. The summed E-state index contributed by atoms with van der Waals surface area (Å²) in [5.74, 6) is -0.159. The van der Waals surface area contributed by atoms with Gasteiger partial charge in [-0.15, -0.1) is 0 Å². The van der Waals surface area contributed by atoms with E-state index in [0.717, 1.165) is 24.8 Å². The molecule has 5 heteroatoms. The lowest BCUT2D eigenvalue weighted by atomic mass is 9.75. The van der Waals surface area contributed by atoms with Gasteiger partial charge < -0.3 is 14.0 Å². The van der Waals surface area contributed by atoms with Crippen molar-refractivity contribution in [1.29, 1.82) is 0 Å². The Morgan fingerprint density at radius 3 is 2.25 bits per heavy atom. The molecule has 1 heterocycles. The molecule has 0 saturated carbocycles. The second kappa shape index (κ2) is 6.68. The highest BCUT2D eigenvalue weighted by Gasteiger charge is 2.52. The van der Waals surface area contributed by atoms with Crippen LogP contribution in [-0.4, -0.2) is 29.9 Å². The fraction of sp³-hybridized carbons (Fsp3) is 0.737. The standard InChI is InChI=1S/C19H31BO4/c1-17(2,3)22-16(21)13-14-9-8-10-15(12-11-14)20-23-18(4,5)19(6,7)24-20/h9-10H,8,11-13H2,1-7H3. The van der Waals surface area contributed by atoms with E-state index in [2.05, 4.69) is 39.8 Å². The van der Waals surface area contributed by atoms with Gasteiger partial charge in [0, 0.05) is 0 Å². The lowest BCUT2D eigenvalue weighted by Gasteiger charge is -2.32. The number of rotatable bonds is 3. The molecule has 4 nitrogen and oxygen atoms in total. The Morgan fingerprint density at radius 1 is 1.12 bits per heavy atom. The second-order valence-electron chi connectivity index (χ2n) is 8.73. The van der Waals surface area contributed by atoms with Gasteiger partial charge in [-0.2, -0.15) is 0 Å². The summed E-state index contributed by atoms with van der Waals surface area (Å²) >= 11 is 0. The number of allylic oxidation sites excluding steroid dienone is 3. The van der Waals surface area contributed by atoms with Crippen LogP contribution < -0.4 is 0 Å². The molecule has 0 bridgehead atoms. The highest BCUT2D eigenvalue weighted by molar-refractivity contribution is 6.54. The van der Waals surface area contributed by atoms with E-state index in [4.69, 9.17) is 14.0 Å². The van der Waals surface area contributed by atoms with Gasteiger partial charge in [0.05, 0.1) is 17.6 Å².